The fraction of sp³-hybridized carbons (Fsp3) is 0.118. The molecule has 0 radical (unpaired) electrons. The van der Waals surface area contributed by atoms with Gasteiger partial charge in [0.2, 0.25) is 0 Å². The van der Waals surface area contributed by atoms with Crippen LogP contribution in [0.3, 0.4) is 0 Å². The molecule has 1 aliphatic heterocycles. The summed E-state index contributed by atoms with van der Waals surface area (Å²) in [5.41, 5.74) is 3.49. The molecule has 4 nitrogen and oxygen atoms in total. The van der Waals surface area contributed by atoms with E-state index in [1.807, 2.05) is 0 Å². The molecule has 1 aliphatic rings. The molecule has 0 fully saturated rings. The summed E-state index contributed by atoms with van der Waals surface area (Å²) in [5.74, 6) is -0.389. The van der Waals surface area contributed by atoms with Gasteiger partial charge in [0.05, 0.1) is 11.3 Å². The molecule has 7 heteroatoms. The third kappa shape index (κ3) is 3.55. The van der Waals surface area contributed by atoms with Crippen molar-refractivity contribution in [2.45, 2.75) is 5.75 Å². The van der Waals surface area contributed by atoms with Crippen LogP contribution in [0, 0.1) is 0 Å². The largest absolute Gasteiger partial charge is 0.457 e. The standard InChI is InChI=1S/C17H12BrClO4S/c18-15-7-12(19)5-6-13(15)16-14(8-23-17(16)20)11-3-1-10(2-4-11)9-24(21)22/h1-7,24H,8-9H2. The molecule has 0 N–H and O–H groups in total. The van der Waals surface area contributed by atoms with Crippen molar-refractivity contribution in [2.75, 3.05) is 6.61 Å². The maximum absolute atomic E-state index is 12.2. The molecule has 0 aliphatic carbocycles. The molecule has 0 spiro atoms. The van der Waals surface area contributed by atoms with Crippen molar-refractivity contribution in [3.8, 4) is 0 Å². The Balaban J connectivity index is 2.06. The van der Waals surface area contributed by atoms with E-state index in [2.05, 4.69) is 15.9 Å². The van der Waals surface area contributed by atoms with Crippen LogP contribution >= 0.6 is 27.5 Å². The van der Waals surface area contributed by atoms with Gasteiger partial charge in [-0.3, -0.25) is 0 Å². The summed E-state index contributed by atoms with van der Waals surface area (Å²) < 4.78 is 27.5. The van der Waals surface area contributed by atoms with Gasteiger partial charge < -0.3 is 4.74 Å². The van der Waals surface area contributed by atoms with E-state index in [1.54, 1.807) is 42.5 Å². The summed E-state index contributed by atoms with van der Waals surface area (Å²) in [6, 6.07) is 12.3. The van der Waals surface area contributed by atoms with Crippen LogP contribution in [0.15, 0.2) is 46.9 Å². The van der Waals surface area contributed by atoms with Gasteiger partial charge in [-0.25, -0.2) is 13.2 Å². The lowest BCUT2D eigenvalue weighted by atomic mass is 9.96. The van der Waals surface area contributed by atoms with Crippen LogP contribution in [0.25, 0.3) is 11.1 Å². The minimum absolute atomic E-state index is 0.000316. The minimum Gasteiger partial charge on any atom is -0.457 e. The molecule has 0 unspecified atom stereocenters. The van der Waals surface area contributed by atoms with Crippen molar-refractivity contribution in [2.24, 2.45) is 0 Å². The first-order valence-electron chi connectivity index (χ1n) is 7.02. The Labute approximate surface area is 154 Å². The highest BCUT2D eigenvalue weighted by molar-refractivity contribution is 9.10. The van der Waals surface area contributed by atoms with Crippen LogP contribution < -0.4 is 0 Å². The molecule has 0 bridgehead atoms. The molecule has 2 aromatic rings. The van der Waals surface area contributed by atoms with Gasteiger partial charge in [-0.15, -0.1) is 0 Å². The molecule has 3 rings (SSSR count). The number of esters is 1. The van der Waals surface area contributed by atoms with Crippen molar-refractivity contribution >= 4 is 55.4 Å². The zero-order chi connectivity index (χ0) is 17.3. The number of ether oxygens (including phenoxy) is 1. The van der Waals surface area contributed by atoms with Crippen LogP contribution in [0.5, 0.6) is 0 Å². The highest BCUT2D eigenvalue weighted by Gasteiger charge is 2.28. The van der Waals surface area contributed by atoms with Crippen LogP contribution in [-0.2, 0) is 26.0 Å². The summed E-state index contributed by atoms with van der Waals surface area (Å²) in [6.45, 7) is 0.179. The fourth-order valence-corrected chi connectivity index (χ4v) is 3.95. The summed E-state index contributed by atoms with van der Waals surface area (Å²) in [5, 5.41) is 0.565. The van der Waals surface area contributed by atoms with Crippen molar-refractivity contribution in [3.63, 3.8) is 0 Å². The lowest BCUT2D eigenvalue weighted by Gasteiger charge is -2.07. The van der Waals surface area contributed by atoms with E-state index in [1.165, 1.54) is 0 Å². The second kappa shape index (κ2) is 7.09. The second-order valence-electron chi connectivity index (χ2n) is 5.24. The van der Waals surface area contributed by atoms with E-state index in [-0.39, 0.29) is 18.3 Å². The van der Waals surface area contributed by atoms with Gasteiger partial charge in [-0.1, -0.05) is 57.9 Å². The predicted molar refractivity (Wildman–Crippen MR) is 97.4 cm³/mol. The zero-order valence-electron chi connectivity index (χ0n) is 12.3. The van der Waals surface area contributed by atoms with Crippen molar-refractivity contribution in [1.29, 1.82) is 0 Å². The monoisotopic (exact) mass is 426 g/mol. The number of thiol groups is 1. The lowest BCUT2D eigenvalue weighted by molar-refractivity contribution is -0.133. The van der Waals surface area contributed by atoms with E-state index in [0.29, 0.717) is 26.2 Å². The van der Waals surface area contributed by atoms with E-state index in [4.69, 9.17) is 16.3 Å². The molecule has 0 saturated heterocycles. The summed E-state index contributed by atoms with van der Waals surface area (Å²) in [4.78, 5) is 12.2. The highest BCUT2D eigenvalue weighted by atomic mass is 79.9. The first kappa shape index (κ1) is 17.2. The molecular weight excluding hydrogens is 416 g/mol. The first-order valence-corrected chi connectivity index (χ1v) is 9.56. The number of rotatable bonds is 4. The third-order valence-electron chi connectivity index (χ3n) is 3.67. The average Bonchev–Trinajstić information content (AvgIpc) is 2.89. The smallest absolute Gasteiger partial charge is 0.339 e. The average molecular weight is 428 g/mol. The number of hydrogen-bond donors (Lipinski definition) is 1. The molecule has 1 heterocycles. The molecule has 0 atom stereocenters. The topological polar surface area (TPSA) is 60.4 Å². The summed E-state index contributed by atoms with van der Waals surface area (Å²) in [7, 11) is -2.47. The van der Waals surface area contributed by atoms with Crippen LogP contribution in [-0.4, -0.2) is 21.0 Å². The lowest BCUT2D eigenvalue weighted by Crippen LogP contribution is -1.99. The maximum Gasteiger partial charge on any atom is 0.339 e. The van der Waals surface area contributed by atoms with Crippen LogP contribution in [0.4, 0.5) is 0 Å². The number of carbonyl (C=O) groups excluding carboxylic acids is 1. The van der Waals surface area contributed by atoms with Gasteiger partial charge in [-0.2, -0.15) is 0 Å². The Morgan fingerprint density at radius 3 is 2.46 bits per heavy atom. The molecule has 0 saturated carbocycles. The molecule has 0 aromatic heterocycles. The summed E-state index contributed by atoms with van der Waals surface area (Å²) in [6.07, 6.45) is 0. The number of halogens is 2. The zero-order valence-corrected chi connectivity index (χ0v) is 15.5. The molecule has 124 valence electrons. The number of cyclic esters (lactones) is 1. The Bertz CT molecular complexity index is 909. The van der Waals surface area contributed by atoms with E-state index in [0.717, 1.165) is 11.1 Å². The first-order chi connectivity index (χ1) is 11.5. The number of hydrogen-bond acceptors (Lipinski definition) is 4. The predicted octanol–water partition coefficient (Wildman–Crippen LogP) is 3.68. The highest BCUT2D eigenvalue weighted by Crippen LogP contribution is 2.37. The number of benzene rings is 2. The quantitative estimate of drug-likeness (QED) is 0.597. The van der Waals surface area contributed by atoms with Crippen LogP contribution in [0.2, 0.25) is 5.02 Å². The molecular formula is C17H12BrClO4S. The summed E-state index contributed by atoms with van der Waals surface area (Å²) >= 11 is 9.39. The SMILES string of the molecule is O=C1OCC(c2ccc(C[SH](=O)=O)cc2)=C1c1ccc(Cl)cc1Br. The normalized spacial score (nSPS) is 14.4. The van der Waals surface area contributed by atoms with Gasteiger partial charge in [0.15, 0.2) is 0 Å². The van der Waals surface area contributed by atoms with Crippen molar-refractivity contribution in [1.82, 2.24) is 0 Å². The second-order valence-corrected chi connectivity index (χ2v) is 7.51. The molecule has 24 heavy (non-hydrogen) atoms. The maximum atomic E-state index is 12.2. The van der Waals surface area contributed by atoms with Gasteiger partial charge in [0.1, 0.15) is 17.3 Å². The van der Waals surface area contributed by atoms with Crippen molar-refractivity contribution in [3.05, 3.63) is 68.7 Å². The third-order valence-corrected chi connectivity index (χ3v) is 5.18. The Kier molecular flexibility index (Phi) is 5.08. The molecule has 0 amide bonds. The number of carbonyl (C=O) groups is 1. The van der Waals surface area contributed by atoms with Gasteiger partial charge in [0.25, 0.3) is 0 Å². The van der Waals surface area contributed by atoms with E-state index in [9.17, 15) is 13.2 Å². The Hall–Kier alpha value is -1.63. The Morgan fingerprint density at radius 1 is 1.12 bits per heavy atom. The molecule has 2 aromatic carbocycles. The van der Waals surface area contributed by atoms with Gasteiger partial charge in [0, 0.05) is 20.6 Å². The fourth-order valence-electron chi connectivity index (χ4n) is 2.56. The van der Waals surface area contributed by atoms with Gasteiger partial charge in [-0.05, 0) is 23.3 Å². The van der Waals surface area contributed by atoms with Crippen LogP contribution in [0.1, 0.15) is 16.7 Å². The van der Waals surface area contributed by atoms with E-state index >= 15 is 0 Å². The van der Waals surface area contributed by atoms with Crippen molar-refractivity contribution < 1.29 is 17.9 Å². The van der Waals surface area contributed by atoms with Gasteiger partial charge >= 0.3 is 5.97 Å². The van der Waals surface area contributed by atoms with E-state index < -0.39 is 10.7 Å². The Morgan fingerprint density at radius 2 is 1.83 bits per heavy atom. The minimum atomic E-state index is -2.47.